The first-order chi connectivity index (χ1) is 13.3. The maximum atomic E-state index is 4.76. The first-order valence-electron chi connectivity index (χ1n) is 11.0. The van der Waals surface area contributed by atoms with Crippen molar-refractivity contribution in [3.63, 3.8) is 0 Å². The van der Waals surface area contributed by atoms with E-state index in [9.17, 15) is 0 Å². The predicted molar refractivity (Wildman–Crippen MR) is 127 cm³/mol. The summed E-state index contributed by atoms with van der Waals surface area (Å²) in [5, 5.41) is 0. The van der Waals surface area contributed by atoms with Gasteiger partial charge in [0.15, 0.2) is 0 Å². The van der Waals surface area contributed by atoms with Gasteiger partial charge in [-0.05, 0) is 54.7 Å². The number of anilines is 1. The van der Waals surface area contributed by atoms with Crippen LogP contribution in [0.5, 0.6) is 0 Å². The van der Waals surface area contributed by atoms with E-state index in [0.29, 0.717) is 11.8 Å². The minimum Gasteiger partial charge on any atom is -0.378 e. The Morgan fingerprint density at radius 3 is 2.54 bits per heavy atom. The van der Waals surface area contributed by atoms with E-state index in [1.54, 1.807) is 0 Å². The highest BCUT2D eigenvalue weighted by molar-refractivity contribution is 5.72. The summed E-state index contributed by atoms with van der Waals surface area (Å²) in [5.74, 6) is 1.07. The largest absolute Gasteiger partial charge is 0.378 e. The van der Waals surface area contributed by atoms with E-state index in [4.69, 9.17) is 4.98 Å². The molecule has 3 unspecified atom stereocenters. The Balaban J connectivity index is 0.00000190. The van der Waals surface area contributed by atoms with Crippen molar-refractivity contribution in [2.45, 2.75) is 67.7 Å². The summed E-state index contributed by atoms with van der Waals surface area (Å²) in [6.07, 6.45) is 14.9. The number of rotatable bonds is 7. The number of pyridine rings is 1. The van der Waals surface area contributed by atoms with Crippen molar-refractivity contribution in [3.05, 3.63) is 53.9 Å². The minimum absolute atomic E-state index is 0.129. The summed E-state index contributed by atoms with van der Waals surface area (Å²) in [7, 11) is 4.18. The molecule has 0 saturated carbocycles. The average Bonchev–Trinajstić information content (AvgIpc) is 2.72. The maximum absolute atomic E-state index is 4.76. The maximum Gasteiger partial charge on any atom is 0.0685 e. The minimum atomic E-state index is 0.129. The van der Waals surface area contributed by atoms with E-state index in [0.717, 1.165) is 18.5 Å². The Morgan fingerprint density at radius 1 is 1.29 bits per heavy atom. The molecule has 1 aliphatic rings. The van der Waals surface area contributed by atoms with Gasteiger partial charge in [-0.2, -0.15) is 0 Å². The van der Waals surface area contributed by atoms with E-state index >= 15 is 0 Å². The molecule has 1 aliphatic carbocycles. The van der Waals surface area contributed by atoms with Gasteiger partial charge in [-0.1, -0.05) is 77.8 Å². The second-order valence-corrected chi connectivity index (χ2v) is 8.12. The van der Waals surface area contributed by atoms with Crippen LogP contribution in [0.1, 0.15) is 73.4 Å². The van der Waals surface area contributed by atoms with Crippen molar-refractivity contribution >= 4 is 11.3 Å². The molecule has 2 heteroatoms. The van der Waals surface area contributed by atoms with Gasteiger partial charge < -0.3 is 4.90 Å². The van der Waals surface area contributed by atoms with E-state index in [1.807, 2.05) is 20.0 Å². The van der Waals surface area contributed by atoms with Crippen LogP contribution in [-0.4, -0.2) is 19.1 Å². The van der Waals surface area contributed by atoms with E-state index < -0.39 is 0 Å². The molecule has 3 atom stereocenters. The van der Waals surface area contributed by atoms with Crippen LogP contribution < -0.4 is 4.90 Å². The van der Waals surface area contributed by atoms with Crippen LogP contribution in [0.3, 0.4) is 0 Å². The fourth-order valence-electron chi connectivity index (χ4n) is 3.97. The van der Waals surface area contributed by atoms with Crippen LogP contribution >= 0.6 is 0 Å². The fourth-order valence-corrected chi connectivity index (χ4v) is 3.97. The monoisotopic (exact) mass is 382 g/mol. The van der Waals surface area contributed by atoms with Crippen molar-refractivity contribution in [2.24, 2.45) is 17.3 Å². The number of hydrogen-bond donors (Lipinski definition) is 0. The van der Waals surface area contributed by atoms with Crippen LogP contribution in [0.4, 0.5) is 5.69 Å². The molecular weight excluding hydrogens is 340 g/mol. The highest BCUT2D eigenvalue weighted by Crippen LogP contribution is 2.49. The van der Waals surface area contributed by atoms with Gasteiger partial charge in [-0.3, -0.25) is 4.98 Å². The number of allylic oxidation sites excluding steroid dienone is 6. The molecule has 0 fully saturated rings. The number of aromatic nitrogens is 1. The summed E-state index contributed by atoms with van der Waals surface area (Å²) in [4.78, 5) is 6.91. The predicted octanol–water partition coefficient (Wildman–Crippen LogP) is 7.54. The van der Waals surface area contributed by atoms with Crippen molar-refractivity contribution in [2.75, 3.05) is 19.0 Å². The normalized spacial score (nSPS) is 19.8. The van der Waals surface area contributed by atoms with Crippen LogP contribution in [0.25, 0.3) is 5.57 Å². The molecule has 2 nitrogen and oxygen atoms in total. The van der Waals surface area contributed by atoms with Gasteiger partial charge >= 0.3 is 0 Å². The molecule has 0 amide bonds. The summed E-state index contributed by atoms with van der Waals surface area (Å²) >= 11 is 0. The molecule has 156 valence electrons. The topological polar surface area (TPSA) is 16.1 Å². The number of hydrogen-bond acceptors (Lipinski definition) is 2. The Labute approximate surface area is 174 Å². The van der Waals surface area contributed by atoms with Gasteiger partial charge in [0, 0.05) is 26.0 Å². The lowest BCUT2D eigenvalue weighted by Crippen LogP contribution is -2.34. The third kappa shape index (κ3) is 5.59. The smallest absolute Gasteiger partial charge is 0.0685 e. The Hall–Kier alpha value is -1.83. The van der Waals surface area contributed by atoms with Gasteiger partial charge in [0.2, 0.25) is 0 Å². The Morgan fingerprint density at radius 2 is 1.96 bits per heavy atom. The first kappa shape index (κ1) is 24.2. The molecule has 2 rings (SSSR count). The second kappa shape index (κ2) is 11.2. The van der Waals surface area contributed by atoms with Crippen LogP contribution in [0, 0.1) is 17.3 Å². The lowest BCUT2D eigenvalue weighted by molar-refractivity contribution is 0.200. The van der Waals surface area contributed by atoms with E-state index in [2.05, 4.69) is 90.1 Å². The van der Waals surface area contributed by atoms with E-state index in [-0.39, 0.29) is 5.41 Å². The van der Waals surface area contributed by atoms with Crippen molar-refractivity contribution in [3.8, 4) is 0 Å². The molecule has 0 radical (unpaired) electrons. The molecule has 0 saturated heterocycles. The summed E-state index contributed by atoms with van der Waals surface area (Å²) in [5.41, 5.74) is 5.18. The van der Waals surface area contributed by atoms with Gasteiger partial charge in [0.1, 0.15) is 0 Å². The lowest BCUT2D eigenvalue weighted by Gasteiger charge is -2.42. The summed E-state index contributed by atoms with van der Waals surface area (Å²) in [6.45, 7) is 15.6. The van der Waals surface area contributed by atoms with Crippen molar-refractivity contribution in [1.29, 1.82) is 0 Å². The molecule has 1 aromatic heterocycles. The Bertz CT molecular complexity index is 696. The first-order valence-corrected chi connectivity index (χ1v) is 11.0. The highest BCUT2D eigenvalue weighted by atomic mass is 15.1. The quantitative estimate of drug-likeness (QED) is 0.453. The molecule has 28 heavy (non-hydrogen) atoms. The average molecular weight is 383 g/mol. The molecule has 0 aromatic carbocycles. The standard InChI is InChI=1S/C24H36N2.C2H6/c1-8-10-14-24(5,19(4)9-2)22-12-11-18(3)16-21(22)23-17-20(26(6)7)13-15-25-23;1-2/h10-11,13-17,19,22H,8-9,12H2,1-7H3;1-2H3. The number of nitrogens with zero attached hydrogens (tertiary/aromatic N) is 2. The van der Waals surface area contributed by atoms with Crippen LogP contribution in [0.15, 0.2) is 48.2 Å². The van der Waals surface area contributed by atoms with Gasteiger partial charge in [0.25, 0.3) is 0 Å². The highest BCUT2D eigenvalue weighted by Gasteiger charge is 2.39. The molecule has 0 aliphatic heterocycles. The molecule has 0 N–H and O–H groups in total. The second-order valence-electron chi connectivity index (χ2n) is 8.12. The molecule has 1 heterocycles. The SMILES string of the molecule is CC.CCC=CC(C)(C(C)CC)C1CC=C(C)C=C1c1cc(N(C)C)ccn1. The van der Waals surface area contributed by atoms with Crippen LogP contribution in [-0.2, 0) is 0 Å². The third-order valence-corrected chi connectivity index (χ3v) is 6.13. The third-order valence-electron chi connectivity index (χ3n) is 6.13. The van der Waals surface area contributed by atoms with Crippen molar-refractivity contribution < 1.29 is 0 Å². The zero-order valence-corrected chi connectivity index (χ0v) is 19.7. The fraction of sp³-hybridized carbons (Fsp3) is 0.577. The van der Waals surface area contributed by atoms with Gasteiger partial charge in [-0.25, -0.2) is 0 Å². The molecule has 0 spiro atoms. The summed E-state index contributed by atoms with van der Waals surface area (Å²) in [6, 6.07) is 4.31. The Kier molecular flexibility index (Phi) is 9.72. The van der Waals surface area contributed by atoms with Gasteiger partial charge in [-0.15, -0.1) is 0 Å². The van der Waals surface area contributed by atoms with E-state index in [1.165, 1.54) is 23.3 Å². The zero-order chi connectivity index (χ0) is 21.3. The van der Waals surface area contributed by atoms with Crippen LogP contribution in [0.2, 0.25) is 0 Å². The summed E-state index contributed by atoms with van der Waals surface area (Å²) < 4.78 is 0. The van der Waals surface area contributed by atoms with Crippen molar-refractivity contribution in [1.82, 2.24) is 4.98 Å². The molecule has 1 aromatic rings. The molecular formula is C26H42N2. The lowest BCUT2D eigenvalue weighted by atomic mass is 9.62. The zero-order valence-electron chi connectivity index (χ0n) is 19.7. The molecule has 0 bridgehead atoms. The van der Waals surface area contributed by atoms with Gasteiger partial charge in [0.05, 0.1) is 5.69 Å².